The molecule has 1 heterocycles. The number of thiocarbonyl (C=S) groups is 1. The summed E-state index contributed by atoms with van der Waals surface area (Å²) in [7, 11) is 0. The molecule has 0 spiro atoms. The summed E-state index contributed by atoms with van der Waals surface area (Å²) in [6.45, 7) is 3.27. The van der Waals surface area contributed by atoms with Crippen LogP contribution in [0.2, 0.25) is 10.0 Å². The van der Waals surface area contributed by atoms with Crippen LogP contribution in [0.3, 0.4) is 0 Å². The number of halogens is 2. The third-order valence-electron chi connectivity index (χ3n) is 4.13. The number of rotatable bonds is 4. The van der Waals surface area contributed by atoms with E-state index in [0.717, 1.165) is 31.7 Å². The van der Waals surface area contributed by atoms with Gasteiger partial charge in [0.05, 0.1) is 19.1 Å². The molecule has 0 saturated carbocycles. The zero-order valence-electron chi connectivity index (χ0n) is 13.2. The van der Waals surface area contributed by atoms with Crippen LogP contribution in [0.15, 0.2) is 48.5 Å². The second kappa shape index (κ2) is 8.17. The standard InChI is InChI=1S/C18H19Cl2N3S/c19-14-8-15(20)10-17(9-14)22-18(24)21-16-6-7-23(12-16)11-13-4-2-1-3-5-13/h1-5,8-10,16H,6-7,11-12H2,(H2,21,22,24)/p+1/t16-/m0/s1. The van der Waals surface area contributed by atoms with Gasteiger partial charge in [-0.3, -0.25) is 0 Å². The zero-order chi connectivity index (χ0) is 16.9. The molecule has 1 unspecified atom stereocenters. The van der Waals surface area contributed by atoms with Crippen molar-refractivity contribution in [2.75, 3.05) is 18.4 Å². The first kappa shape index (κ1) is 17.5. The van der Waals surface area contributed by atoms with Crippen molar-refractivity contribution < 1.29 is 4.90 Å². The van der Waals surface area contributed by atoms with Gasteiger partial charge >= 0.3 is 0 Å². The molecule has 3 rings (SSSR count). The van der Waals surface area contributed by atoms with Gasteiger partial charge in [-0.15, -0.1) is 0 Å². The van der Waals surface area contributed by atoms with E-state index in [2.05, 4.69) is 41.0 Å². The molecule has 1 aliphatic heterocycles. The molecule has 1 aliphatic rings. The molecule has 126 valence electrons. The molecule has 6 heteroatoms. The Balaban J connectivity index is 1.49. The topological polar surface area (TPSA) is 28.5 Å². The van der Waals surface area contributed by atoms with E-state index >= 15 is 0 Å². The average Bonchev–Trinajstić information content (AvgIpc) is 2.94. The number of quaternary nitrogens is 1. The van der Waals surface area contributed by atoms with E-state index in [-0.39, 0.29) is 0 Å². The lowest BCUT2D eigenvalue weighted by atomic mass is 10.2. The van der Waals surface area contributed by atoms with Crippen molar-refractivity contribution in [2.45, 2.75) is 19.0 Å². The summed E-state index contributed by atoms with van der Waals surface area (Å²) in [4.78, 5) is 1.58. The van der Waals surface area contributed by atoms with Gasteiger partial charge in [-0.2, -0.15) is 0 Å². The van der Waals surface area contributed by atoms with E-state index in [4.69, 9.17) is 35.4 Å². The first-order valence-corrected chi connectivity index (χ1v) is 9.16. The van der Waals surface area contributed by atoms with Crippen LogP contribution in [0.1, 0.15) is 12.0 Å². The minimum absolute atomic E-state index is 0.387. The Kier molecular flexibility index (Phi) is 5.95. The maximum atomic E-state index is 6.01. The molecule has 0 aromatic heterocycles. The van der Waals surface area contributed by atoms with Gasteiger partial charge in [0.25, 0.3) is 0 Å². The van der Waals surface area contributed by atoms with E-state index in [9.17, 15) is 0 Å². The smallest absolute Gasteiger partial charge is 0.171 e. The Bertz CT molecular complexity index is 688. The first-order valence-electron chi connectivity index (χ1n) is 7.99. The van der Waals surface area contributed by atoms with Crippen LogP contribution >= 0.6 is 35.4 Å². The fourth-order valence-electron chi connectivity index (χ4n) is 3.08. The molecule has 2 aromatic rings. The molecule has 1 fully saturated rings. The maximum absolute atomic E-state index is 6.01. The van der Waals surface area contributed by atoms with Crippen molar-refractivity contribution in [1.82, 2.24) is 5.32 Å². The van der Waals surface area contributed by atoms with Crippen LogP contribution in [0.5, 0.6) is 0 Å². The van der Waals surface area contributed by atoms with Gasteiger partial charge in [-0.1, -0.05) is 53.5 Å². The molecule has 0 bridgehead atoms. The Morgan fingerprint density at radius 1 is 1.12 bits per heavy atom. The quantitative estimate of drug-likeness (QED) is 0.711. The Morgan fingerprint density at radius 3 is 2.54 bits per heavy atom. The van der Waals surface area contributed by atoms with Crippen LogP contribution in [0.4, 0.5) is 5.69 Å². The van der Waals surface area contributed by atoms with Crippen molar-refractivity contribution >= 4 is 46.2 Å². The number of benzene rings is 2. The summed E-state index contributed by atoms with van der Waals surface area (Å²) in [6.07, 6.45) is 1.11. The lowest BCUT2D eigenvalue weighted by Crippen LogP contribution is -3.09. The van der Waals surface area contributed by atoms with Gasteiger partial charge in [0.15, 0.2) is 5.11 Å². The minimum Gasteiger partial charge on any atom is -0.354 e. The molecular formula is C18H20Cl2N3S+. The fraction of sp³-hybridized carbons (Fsp3) is 0.278. The SMILES string of the molecule is S=C(Nc1cc(Cl)cc(Cl)c1)N[C@H]1CC[NH+](Cc2ccccc2)C1. The average molecular weight is 381 g/mol. The summed E-state index contributed by atoms with van der Waals surface area (Å²) in [5.74, 6) is 0. The van der Waals surface area contributed by atoms with Gasteiger partial charge in [0.2, 0.25) is 0 Å². The molecule has 1 saturated heterocycles. The number of hydrogen-bond donors (Lipinski definition) is 3. The normalized spacial score (nSPS) is 19.9. The lowest BCUT2D eigenvalue weighted by Gasteiger charge is -2.16. The number of nitrogens with one attached hydrogen (secondary N) is 3. The van der Waals surface area contributed by atoms with Gasteiger partial charge < -0.3 is 15.5 Å². The summed E-state index contributed by atoms with van der Waals surface area (Å²) in [5.41, 5.74) is 2.18. The predicted octanol–water partition coefficient (Wildman–Crippen LogP) is 3.14. The molecule has 3 nitrogen and oxygen atoms in total. The highest BCUT2D eigenvalue weighted by Crippen LogP contribution is 2.22. The molecule has 2 atom stereocenters. The maximum Gasteiger partial charge on any atom is 0.171 e. The van der Waals surface area contributed by atoms with Crippen molar-refractivity contribution in [3.63, 3.8) is 0 Å². The van der Waals surface area contributed by atoms with Gasteiger partial charge in [0, 0.05) is 27.7 Å². The fourth-order valence-corrected chi connectivity index (χ4v) is 3.89. The summed E-state index contributed by atoms with van der Waals surface area (Å²) < 4.78 is 0. The molecule has 0 aliphatic carbocycles. The number of hydrogen-bond acceptors (Lipinski definition) is 1. The summed E-state index contributed by atoms with van der Waals surface area (Å²) in [6, 6.07) is 16.3. The van der Waals surface area contributed by atoms with Crippen LogP contribution in [-0.4, -0.2) is 24.2 Å². The first-order chi connectivity index (χ1) is 11.6. The van der Waals surface area contributed by atoms with E-state index in [1.165, 1.54) is 5.56 Å². The largest absolute Gasteiger partial charge is 0.354 e. The second-order valence-electron chi connectivity index (χ2n) is 6.11. The molecule has 3 N–H and O–H groups in total. The number of likely N-dealkylation sites (tertiary alicyclic amines) is 1. The Hall–Kier alpha value is -1.33. The monoisotopic (exact) mass is 380 g/mol. The minimum atomic E-state index is 0.387. The predicted molar refractivity (Wildman–Crippen MR) is 105 cm³/mol. The van der Waals surface area contributed by atoms with E-state index in [1.807, 2.05) is 12.1 Å². The highest BCUT2D eigenvalue weighted by atomic mass is 35.5. The van der Waals surface area contributed by atoms with Gasteiger partial charge in [-0.25, -0.2) is 0 Å². The van der Waals surface area contributed by atoms with E-state index < -0.39 is 0 Å². The molecule has 0 radical (unpaired) electrons. The summed E-state index contributed by atoms with van der Waals surface area (Å²) in [5, 5.41) is 8.34. The third-order valence-corrected chi connectivity index (χ3v) is 4.79. The van der Waals surface area contributed by atoms with Gasteiger partial charge in [-0.05, 0) is 30.4 Å². The van der Waals surface area contributed by atoms with Crippen molar-refractivity contribution in [2.24, 2.45) is 0 Å². The third kappa shape index (κ3) is 5.08. The molecular weight excluding hydrogens is 361 g/mol. The van der Waals surface area contributed by atoms with Crippen LogP contribution in [-0.2, 0) is 6.54 Å². The molecule has 0 amide bonds. The Labute approximate surface area is 157 Å². The van der Waals surface area contributed by atoms with E-state index in [1.54, 1.807) is 11.0 Å². The number of anilines is 1. The lowest BCUT2D eigenvalue weighted by molar-refractivity contribution is -0.901. The zero-order valence-corrected chi connectivity index (χ0v) is 15.5. The highest BCUT2D eigenvalue weighted by Gasteiger charge is 2.26. The summed E-state index contributed by atoms with van der Waals surface area (Å²) >= 11 is 17.4. The molecule has 24 heavy (non-hydrogen) atoms. The van der Waals surface area contributed by atoms with Crippen LogP contribution < -0.4 is 15.5 Å². The van der Waals surface area contributed by atoms with Gasteiger partial charge in [0.1, 0.15) is 6.54 Å². The Morgan fingerprint density at radius 2 is 1.83 bits per heavy atom. The molecule has 2 aromatic carbocycles. The van der Waals surface area contributed by atoms with Crippen molar-refractivity contribution in [3.8, 4) is 0 Å². The highest BCUT2D eigenvalue weighted by molar-refractivity contribution is 7.80. The second-order valence-corrected chi connectivity index (χ2v) is 7.39. The van der Waals surface area contributed by atoms with Crippen LogP contribution in [0.25, 0.3) is 0 Å². The van der Waals surface area contributed by atoms with Crippen LogP contribution in [0, 0.1) is 0 Å². The van der Waals surface area contributed by atoms with Crippen molar-refractivity contribution in [1.29, 1.82) is 0 Å². The van der Waals surface area contributed by atoms with Crippen molar-refractivity contribution in [3.05, 3.63) is 64.1 Å². The van der Waals surface area contributed by atoms with E-state index in [0.29, 0.717) is 21.2 Å².